The van der Waals surface area contributed by atoms with Gasteiger partial charge in [0.15, 0.2) is 5.78 Å². The Morgan fingerprint density at radius 1 is 1.29 bits per heavy atom. The lowest BCUT2D eigenvalue weighted by Gasteiger charge is -2.08. The van der Waals surface area contributed by atoms with Crippen LogP contribution in [0.25, 0.3) is 0 Å². The van der Waals surface area contributed by atoms with Crippen molar-refractivity contribution in [1.29, 1.82) is 0 Å². The van der Waals surface area contributed by atoms with Crippen molar-refractivity contribution in [1.82, 2.24) is 0 Å². The number of Topliss-reactive ketones (excluding diaryl/α,β-unsaturated/α-hetero) is 1. The molecule has 2 nitrogen and oxygen atoms in total. The molecular weight excluding hydrogens is 256 g/mol. The highest BCUT2D eigenvalue weighted by Gasteiger charge is 2.07. The van der Waals surface area contributed by atoms with Crippen molar-refractivity contribution in [3.8, 4) is 5.75 Å². The molecule has 0 aliphatic rings. The number of carbonyl (C=O) groups is 1. The van der Waals surface area contributed by atoms with E-state index in [9.17, 15) is 4.79 Å². The molecule has 1 aromatic heterocycles. The third-order valence-corrected chi connectivity index (χ3v) is 3.47. The third-order valence-electron chi connectivity index (χ3n) is 2.27. The first-order valence-electron chi connectivity index (χ1n) is 5.14. The summed E-state index contributed by atoms with van der Waals surface area (Å²) in [6.07, 6.45) is 0. The number of ketones is 1. The van der Waals surface area contributed by atoms with Gasteiger partial charge in [0, 0.05) is 4.88 Å². The average molecular weight is 267 g/mol. The molecule has 0 saturated heterocycles. The number of rotatable bonds is 4. The summed E-state index contributed by atoms with van der Waals surface area (Å²) in [5.74, 6) is 0.620. The maximum Gasteiger partial charge on any atom is 0.163 e. The number of halogens is 1. The zero-order valence-corrected chi connectivity index (χ0v) is 10.8. The van der Waals surface area contributed by atoms with E-state index in [-0.39, 0.29) is 5.78 Å². The van der Waals surface area contributed by atoms with E-state index in [1.54, 1.807) is 12.1 Å². The van der Waals surface area contributed by atoms with E-state index in [4.69, 9.17) is 16.3 Å². The van der Waals surface area contributed by atoms with Gasteiger partial charge in [-0.15, -0.1) is 11.3 Å². The molecule has 0 saturated carbocycles. The third kappa shape index (κ3) is 3.08. The van der Waals surface area contributed by atoms with Crippen LogP contribution in [0, 0.1) is 0 Å². The summed E-state index contributed by atoms with van der Waals surface area (Å²) in [6, 6.07) is 11.0. The Hall–Kier alpha value is -1.32. The molecule has 1 heterocycles. The fraction of sp³-hybridized carbons (Fsp3) is 0.154. The average Bonchev–Trinajstić information content (AvgIpc) is 2.73. The molecule has 0 bridgehead atoms. The lowest BCUT2D eigenvalue weighted by molar-refractivity contribution is 0.101. The van der Waals surface area contributed by atoms with Gasteiger partial charge in [0.1, 0.15) is 12.4 Å². The summed E-state index contributed by atoms with van der Waals surface area (Å²) >= 11 is 7.31. The Morgan fingerprint density at radius 3 is 2.71 bits per heavy atom. The van der Waals surface area contributed by atoms with E-state index >= 15 is 0 Å². The Kier molecular flexibility index (Phi) is 3.82. The summed E-state index contributed by atoms with van der Waals surface area (Å²) < 4.78 is 6.37. The molecule has 0 atom stereocenters. The topological polar surface area (TPSA) is 26.3 Å². The SMILES string of the molecule is CC(=O)c1ccccc1OCc1ccc(Cl)s1. The second-order valence-electron chi connectivity index (χ2n) is 3.55. The number of carbonyl (C=O) groups excluding carboxylic acids is 1. The Labute approximate surface area is 109 Å². The maximum atomic E-state index is 11.4. The highest BCUT2D eigenvalue weighted by molar-refractivity contribution is 7.16. The van der Waals surface area contributed by atoms with Gasteiger partial charge >= 0.3 is 0 Å². The molecule has 0 fully saturated rings. The van der Waals surface area contributed by atoms with Crippen molar-refractivity contribution >= 4 is 28.7 Å². The minimum atomic E-state index is 0.00446. The first-order chi connectivity index (χ1) is 8.16. The van der Waals surface area contributed by atoms with Crippen LogP contribution in [0.4, 0.5) is 0 Å². The summed E-state index contributed by atoms with van der Waals surface area (Å²) in [6.45, 7) is 1.96. The Balaban J connectivity index is 2.11. The molecule has 4 heteroatoms. The molecule has 0 radical (unpaired) electrons. The highest BCUT2D eigenvalue weighted by atomic mass is 35.5. The predicted molar refractivity (Wildman–Crippen MR) is 70.1 cm³/mol. The zero-order chi connectivity index (χ0) is 12.3. The zero-order valence-electron chi connectivity index (χ0n) is 9.27. The van der Waals surface area contributed by atoms with Gasteiger partial charge in [-0.05, 0) is 31.2 Å². The fourth-order valence-corrected chi connectivity index (χ4v) is 2.46. The van der Waals surface area contributed by atoms with Crippen LogP contribution in [0.2, 0.25) is 4.34 Å². The summed E-state index contributed by atoms with van der Waals surface area (Å²) in [5, 5.41) is 0. The number of ether oxygens (including phenoxy) is 1. The van der Waals surface area contributed by atoms with Crippen molar-refractivity contribution in [2.45, 2.75) is 13.5 Å². The van der Waals surface area contributed by atoms with E-state index in [0.29, 0.717) is 17.9 Å². The highest BCUT2D eigenvalue weighted by Crippen LogP contribution is 2.24. The lowest BCUT2D eigenvalue weighted by Crippen LogP contribution is -2.00. The quantitative estimate of drug-likeness (QED) is 0.776. The molecule has 0 aliphatic heterocycles. The molecule has 0 amide bonds. The molecule has 88 valence electrons. The normalized spacial score (nSPS) is 10.2. The number of hydrogen-bond acceptors (Lipinski definition) is 3. The molecule has 2 rings (SSSR count). The number of hydrogen-bond donors (Lipinski definition) is 0. The fourth-order valence-electron chi connectivity index (χ4n) is 1.46. The van der Waals surface area contributed by atoms with Gasteiger partial charge in [-0.2, -0.15) is 0 Å². The van der Waals surface area contributed by atoms with Crippen LogP contribution in [0.5, 0.6) is 5.75 Å². The van der Waals surface area contributed by atoms with Crippen LogP contribution >= 0.6 is 22.9 Å². The van der Waals surface area contributed by atoms with Crippen LogP contribution in [-0.2, 0) is 6.61 Å². The minimum absolute atomic E-state index is 0.00446. The number of thiophene rings is 1. The van der Waals surface area contributed by atoms with Crippen molar-refractivity contribution in [2.24, 2.45) is 0 Å². The van der Waals surface area contributed by atoms with E-state index in [1.807, 2.05) is 24.3 Å². The van der Waals surface area contributed by atoms with Crippen molar-refractivity contribution in [2.75, 3.05) is 0 Å². The second kappa shape index (κ2) is 5.34. The van der Waals surface area contributed by atoms with Gasteiger partial charge in [-0.25, -0.2) is 0 Å². The maximum absolute atomic E-state index is 11.4. The largest absolute Gasteiger partial charge is 0.487 e. The van der Waals surface area contributed by atoms with Gasteiger partial charge in [-0.3, -0.25) is 4.79 Å². The lowest BCUT2D eigenvalue weighted by atomic mass is 10.1. The first-order valence-corrected chi connectivity index (χ1v) is 6.33. The van der Waals surface area contributed by atoms with Gasteiger partial charge in [0.05, 0.1) is 9.90 Å². The molecule has 0 spiro atoms. The van der Waals surface area contributed by atoms with Gasteiger partial charge in [0.2, 0.25) is 0 Å². The van der Waals surface area contributed by atoms with Crippen LogP contribution in [0.1, 0.15) is 22.2 Å². The van der Waals surface area contributed by atoms with Crippen molar-refractivity contribution in [3.63, 3.8) is 0 Å². The molecule has 2 aromatic rings. The molecule has 1 aromatic carbocycles. The Morgan fingerprint density at radius 2 is 2.06 bits per heavy atom. The van der Waals surface area contributed by atoms with E-state index in [1.165, 1.54) is 18.3 Å². The molecule has 17 heavy (non-hydrogen) atoms. The van der Waals surface area contributed by atoms with Crippen LogP contribution < -0.4 is 4.74 Å². The summed E-state index contributed by atoms with van der Waals surface area (Å²) in [5.41, 5.74) is 0.607. The van der Waals surface area contributed by atoms with E-state index < -0.39 is 0 Å². The summed E-state index contributed by atoms with van der Waals surface area (Å²) in [7, 11) is 0. The van der Waals surface area contributed by atoms with Crippen molar-refractivity contribution < 1.29 is 9.53 Å². The van der Waals surface area contributed by atoms with Gasteiger partial charge in [0.25, 0.3) is 0 Å². The van der Waals surface area contributed by atoms with E-state index in [2.05, 4.69) is 0 Å². The van der Waals surface area contributed by atoms with E-state index in [0.717, 1.165) is 9.21 Å². The van der Waals surface area contributed by atoms with Gasteiger partial charge < -0.3 is 4.74 Å². The molecule has 0 N–H and O–H groups in total. The second-order valence-corrected chi connectivity index (χ2v) is 5.35. The minimum Gasteiger partial charge on any atom is -0.487 e. The summed E-state index contributed by atoms with van der Waals surface area (Å²) in [4.78, 5) is 12.4. The van der Waals surface area contributed by atoms with Crippen LogP contribution in [0.3, 0.4) is 0 Å². The van der Waals surface area contributed by atoms with Crippen molar-refractivity contribution in [3.05, 3.63) is 51.2 Å². The van der Waals surface area contributed by atoms with Crippen LogP contribution in [0.15, 0.2) is 36.4 Å². The van der Waals surface area contributed by atoms with Crippen LogP contribution in [-0.4, -0.2) is 5.78 Å². The first kappa shape index (κ1) is 12.1. The smallest absolute Gasteiger partial charge is 0.163 e. The molecule has 0 unspecified atom stereocenters. The van der Waals surface area contributed by atoms with Gasteiger partial charge in [-0.1, -0.05) is 23.7 Å². The standard InChI is InChI=1S/C13H11ClO2S/c1-9(15)11-4-2-3-5-12(11)16-8-10-6-7-13(14)17-10/h2-7H,8H2,1H3. The Bertz CT molecular complexity index is 534. The number of para-hydroxylation sites is 1. The predicted octanol–water partition coefficient (Wildman–Crippen LogP) is 4.18. The monoisotopic (exact) mass is 266 g/mol. The molecular formula is C13H11ClO2S. The number of benzene rings is 1. The molecule has 0 aliphatic carbocycles.